The second-order valence-corrected chi connectivity index (χ2v) is 5.17. The molecule has 2 aromatic carbocycles. The van der Waals surface area contributed by atoms with E-state index in [0.717, 1.165) is 16.8 Å². The highest BCUT2D eigenvalue weighted by Crippen LogP contribution is 2.19. The quantitative estimate of drug-likeness (QED) is 0.727. The molecule has 0 fully saturated rings. The van der Waals surface area contributed by atoms with E-state index in [4.69, 9.17) is 0 Å². The van der Waals surface area contributed by atoms with Crippen LogP contribution in [0.3, 0.4) is 0 Å². The number of aromatic amines is 1. The van der Waals surface area contributed by atoms with Crippen molar-refractivity contribution in [3.8, 4) is 0 Å². The zero-order valence-electron chi connectivity index (χ0n) is 11.8. The molecule has 0 bridgehead atoms. The number of amides is 1. The first kappa shape index (κ1) is 13.4. The molecule has 0 aliphatic carbocycles. The molecule has 3 rings (SSSR count). The maximum absolute atomic E-state index is 13.2. The number of H-pyrrole nitrogens is 1. The van der Waals surface area contributed by atoms with E-state index >= 15 is 0 Å². The van der Waals surface area contributed by atoms with Crippen molar-refractivity contribution in [1.82, 2.24) is 4.98 Å². The van der Waals surface area contributed by atoms with Crippen LogP contribution in [0.2, 0.25) is 0 Å². The van der Waals surface area contributed by atoms with Crippen molar-refractivity contribution in [2.75, 3.05) is 5.32 Å². The first-order valence-electron chi connectivity index (χ1n) is 6.70. The van der Waals surface area contributed by atoms with E-state index in [-0.39, 0.29) is 11.7 Å². The topological polar surface area (TPSA) is 44.9 Å². The lowest BCUT2D eigenvalue weighted by atomic mass is 10.1. The Labute approximate surface area is 121 Å². The number of fused-ring (bicyclic) bond motifs is 1. The lowest BCUT2D eigenvalue weighted by molar-refractivity contribution is 0.102. The molecule has 0 saturated heterocycles. The van der Waals surface area contributed by atoms with Gasteiger partial charge in [0, 0.05) is 16.6 Å². The Hall–Kier alpha value is -2.62. The molecule has 106 valence electrons. The molecule has 3 nitrogen and oxygen atoms in total. The number of carbonyl (C=O) groups excluding carboxylic acids is 1. The molecule has 0 radical (unpaired) electrons. The van der Waals surface area contributed by atoms with Crippen LogP contribution in [0, 0.1) is 19.7 Å². The highest BCUT2D eigenvalue weighted by Gasteiger charge is 2.10. The minimum atomic E-state index is -0.317. The monoisotopic (exact) mass is 282 g/mol. The van der Waals surface area contributed by atoms with E-state index in [2.05, 4.69) is 10.3 Å². The van der Waals surface area contributed by atoms with Crippen molar-refractivity contribution in [1.29, 1.82) is 0 Å². The van der Waals surface area contributed by atoms with Gasteiger partial charge in [-0.1, -0.05) is 6.07 Å². The first-order chi connectivity index (χ1) is 10.0. The van der Waals surface area contributed by atoms with Crippen molar-refractivity contribution in [2.24, 2.45) is 0 Å². The van der Waals surface area contributed by atoms with E-state index in [1.54, 1.807) is 12.1 Å². The molecule has 0 atom stereocenters. The van der Waals surface area contributed by atoms with Crippen LogP contribution in [0.15, 0.2) is 42.5 Å². The number of halogens is 1. The summed E-state index contributed by atoms with van der Waals surface area (Å²) in [4.78, 5) is 15.2. The van der Waals surface area contributed by atoms with Crippen LogP contribution in [0.1, 0.15) is 21.6 Å². The fraction of sp³-hybridized carbons (Fsp3) is 0.118. The molecule has 0 spiro atoms. The maximum atomic E-state index is 13.2. The van der Waals surface area contributed by atoms with Crippen molar-refractivity contribution < 1.29 is 9.18 Å². The van der Waals surface area contributed by atoms with Gasteiger partial charge in [-0.25, -0.2) is 4.39 Å². The summed E-state index contributed by atoms with van der Waals surface area (Å²) in [6.07, 6.45) is 0. The third-order valence-electron chi connectivity index (χ3n) is 3.59. The van der Waals surface area contributed by atoms with E-state index in [1.165, 1.54) is 17.7 Å². The number of rotatable bonds is 2. The van der Waals surface area contributed by atoms with Crippen LogP contribution in [0.4, 0.5) is 10.1 Å². The standard InChI is InChI=1S/C17H15FN2O/c1-10-3-5-14(7-11(10)2)19-17(21)16-9-12-8-13(18)4-6-15(12)20-16/h3-9,20H,1-2H3,(H,19,21). The first-order valence-corrected chi connectivity index (χ1v) is 6.70. The molecule has 1 aromatic heterocycles. The number of nitrogens with one attached hydrogen (secondary N) is 2. The van der Waals surface area contributed by atoms with E-state index in [1.807, 2.05) is 32.0 Å². The van der Waals surface area contributed by atoms with Crippen LogP contribution in [0.5, 0.6) is 0 Å². The number of aromatic nitrogens is 1. The Morgan fingerprint density at radius 1 is 1.05 bits per heavy atom. The summed E-state index contributed by atoms with van der Waals surface area (Å²) in [5.41, 5.74) is 4.18. The van der Waals surface area contributed by atoms with Crippen molar-refractivity contribution >= 4 is 22.5 Å². The predicted molar refractivity (Wildman–Crippen MR) is 82.1 cm³/mol. The van der Waals surface area contributed by atoms with Gasteiger partial charge >= 0.3 is 0 Å². The van der Waals surface area contributed by atoms with Gasteiger partial charge in [0.15, 0.2) is 0 Å². The van der Waals surface area contributed by atoms with Gasteiger partial charge in [0.25, 0.3) is 5.91 Å². The van der Waals surface area contributed by atoms with Gasteiger partial charge in [-0.3, -0.25) is 4.79 Å². The van der Waals surface area contributed by atoms with Crippen LogP contribution >= 0.6 is 0 Å². The van der Waals surface area contributed by atoms with E-state index in [0.29, 0.717) is 11.1 Å². The minimum absolute atomic E-state index is 0.241. The van der Waals surface area contributed by atoms with Crippen LogP contribution < -0.4 is 5.32 Å². The molecule has 0 aliphatic rings. The SMILES string of the molecule is Cc1ccc(NC(=O)c2cc3cc(F)ccc3[nH]2)cc1C. The Kier molecular flexibility index (Phi) is 3.22. The summed E-state index contributed by atoms with van der Waals surface area (Å²) in [7, 11) is 0. The minimum Gasteiger partial charge on any atom is -0.351 e. The zero-order chi connectivity index (χ0) is 15.0. The molecular weight excluding hydrogens is 267 g/mol. The molecule has 2 N–H and O–H groups in total. The van der Waals surface area contributed by atoms with Crippen LogP contribution in [0.25, 0.3) is 10.9 Å². The molecule has 21 heavy (non-hydrogen) atoms. The Balaban J connectivity index is 1.87. The molecule has 0 saturated carbocycles. The lowest BCUT2D eigenvalue weighted by Crippen LogP contribution is -2.12. The van der Waals surface area contributed by atoms with Gasteiger partial charge in [0.05, 0.1) is 0 Å². The summed E-state index contributed by atoms with van der Waals surface area (Å²) < 4.78 is 13.2. The van der Waals surface area contributed by atoms with E-state index < -0.39 is 0 Å². The average molecular weight is 282 g/mol. The highest BCUT2D eigenvalue weighted by molar-refractivity contribution is 6.05. The Bertz CT molecular complexity index is 836. The number of anilines is 1. The van der Waals surface area contributed by atoms with Gasteiger partial charge in [-0.2, -0.15) is 0 Å². The predicted octanol–water partition coefficient (Wildman–Crippen LogP) is 4.18. The van der Waals surface area contributed by atoms with Crippen LogP contribution in [-0.2, 0) is 0 Å². The number of aryl methyl sites for hydroxylation is 2. The smallest absolute Gasteiger partial charge is 0.272 e. The Morgan fingerprint density at radius 3 is 2.62 bits per heavy atom. The Morgan fingerprint density at radius 2 is 1.86 bits per heavy atom. The number of benzene rings is 2. The van der Waals surface area contributed by atoms with Crippen molar-refractivity contribution in [2.45, 2.75) is 13.8 Å². The van der Waals surface area contributed by atoms with Gasteiger partial charge in [-0.15, -0.1) is 0 Å². The molecule has 0 aliphatic heterocycles. The van der Waals surface area contributed by atoms with Gasteiger partial charge in [0.1, 0.15) is 11.5 Å². The molecule has 3 aromatic rings. The molecule has 0 unspecified atom stereocenters. The summed E-state index contributed by atoms with van der Waals surface area (Å²) in [5, 5.41) is 3.52. The number of hydrogen-bond acceptors (Lipinski definition) is 1. The lowest BCUT2D eigenvalue weighted by Gasteiger charge is -2.06. The third kappa shape index (κ3) is 2.65. The molecule has 1 heterocycles. The highest BCUT2D eigenvalue weighted by atomic mass is 19.1. The largest absolute Gasteiger partial charge is 0.351 e. The fourth-order valence-electron chi connectivity index (χ4n) is 2.24. The summed E-state index contributed by atoms with van der Waals surface area (Å²) in [6, 6.07) is 11.8. The zero-order valence-corrected chi connectivity index (χ0v) is 11.8. The van der Waals surface area contributed by atoms with Gasteiger partial charge in [-0.05, 0) is 61.4 Å². The second kappa shape index (κ2) is 5.05. The van der Waals surface area contributed by atoms with E-state index in [9.17, 15) is 9.18 Å². The number of hydrogen-bond donors (Lipinski definition) is 2. The number of carbonyl (C=O) groups is 1. The maximum Gasteiger partial charge on any atom is 0.272 e. The normalized spacial score (nSPS) is 10.8. The average Bonchev–Trinajstić information content (AvgIpc) is 2.86. The van der Waals surface area contributed by atoms with Crippen LogP contribution in [-0.4, -0.2) is 10.9 Å². The summed E-state index contributed by atoms with van der Waals surface area (Å²) in [6.45, 7) is 4.02. The fourth-order valence-corrected chi connectivity index (χ4v) is 2.24. The summed E-state index contributed by atoms with van der Waals surface area (Å²) >= 11 is 0. The molecular formula is C17H15FN2O. The van der Waals surface area contributed by atoms with Gasteiger partial charge < -0.3 is 10.3 Å². The molecule has 1 amide bonds. The second-order valence-electron chi connectivity index (χ2n) is 5.17. The third-order valence-corrected chi connectivity index (χ3v) is 3.59. The molecule has 4 heteroatoms. The summed E-state index contributed by atoms with van der Waals surface area (Å²) in [5.74, 6) is -0.558. The van der Waals surface area contributed by atoms with Crippen molar-refractivity contribution in [3.63, 3.8) is 0 Å². The van der Waals surface area contributed by atoms with Gasteiger partial charge in [0.2, 0.25) is 0 Å². The van der Waals surface area contributed by atoms with Crippen molar-refractivity contribution in [3.05, 3.63) is 65.1 Å².